The van der Waals surface area contributed by atoms with Gasteiger partial charge in [0, 0.05) is 41.8 Å². The van der Waals surface area contributed by atoms with Gasteiger partial charge in [-0.3, -0.25) is 14.9 Å². The Bertz CT molecular complexity index is 570. The normalized spacial score (nSPS) is 21.1. The third kappa shape index (κ3) is 4.18. The van der Waals surface area contributed by atoms with Gasteiger partial charge in [0.2, 0.25) is 5.91 Å². The highest BCUT2D eigenvalue weighted by molar-refractivity contribution is 9.10. The molecule has 2 rings (SSSR count). The minimum absolute atomic E-state index is 0. The maximum Gasteiger partial charge on any atom is 0.270 e. The summed E-state index contributed by atoms with van der Waals surface area (Å²) in [6.07, 6.45) is 0.246. The third-order valence-electron chi connectivity index (χ3n) is 3.94. The quantitative estimate of drug-likeness (QED) is 0.633. The number of benzene rings is 1. The van der Waals surface area contributed by atoms with Crippen LogP contribution in [0.15, 0.2) is 22.7 Å². The molecule has 0 saturated carbocycles. The van der Waals surface area contributed by atoms with Gasteiger partial charge in [-0.2, -0.15) is 0 Å². The summed E-state index contributed by atoms with van der Waals surface area (Å²) in [5.74, 6) is 0.0467. The topological polar surface area (TPSA) is 75.5 Å². The number of hydrogen-bond acceptors (Lipinski definition) is 4. The number of carbonyl (C=O) groups excluding carboxylic acids is 1. The van der Waals surface area contributed by atoms with Crippen LogP contribution in [0.3, 0.4) is 0 Å². The molecule has 0 bridgehead atoms. The van der Waals surface area contributed by atoms with Gasteiger partial charge < -0.3 is 10.2 Å². The largest absolute Gasteiger partial charge is 0.337 e. The van der Waals surface area contributed by atoms with Gasteiger partial charge in [-0.1, -0.05) is 22.0 Å². The molecule has 8 heteroatoms. The number of amides is 1. The Morgan fingerprint density at radius 1 is 1.50 bits per heavy atom. The molecule has 6 nitrogen and oxygen atoms in total. The van der Waals surface area contributed by atoms with E-state index < -0.39 is 4.92 Å². The van der Waals surface area contributed by atoms with Crippen molar-refractivity contribution in [3.05, 3.63) is 38.3 Å². The van der Waals surface area contributed by atoms with Gasteiger partial charge in [-0.25, -0.2) is 0 Å². The van der Waals surface area contributed by atoms with Crippen molar-refractivity contribution in [2.75, 3.05) is 13.1 Å². The summed E-state index contributed by atoms with van der Waals surface area (Å²) in [5.41, 5.74) is 0.784. The van der Waals surface area contributed by atoms with Crippen LogP contribution in [0.2, 0.25) is 0 Å². The predicted molar refractivity (Wildman–Crippen MR) is 90.4 cm³/mol. The molecular formula is C14H19BrClN3O3. The molecule has 1 amide bonds. The number of nitro benzene ring substituents is 1. The zero-order valence-corrected chi connectivity index (χ0v) is 14.8. The van der Waals surface area contributed by atoms with Gasteiger partial charge >= 0.3 is 0 Å². The second-order valence-electron chi connectivity index (χ2n) is 5.28. The molecule has 1 heterocycles. The molecule has 1 aromatic carbocycles. The van der Waals surface area contributed by atoms with Crippen LogP contribution in [0.25, 0.3) is 0 Å². The predicted octanol–water partition coefficient (Wildman–Crippen LogP) is 2.53. The lowest BCUT2D eigenvalue weighted by molar-refractivity contribution is -0.384. The minimum atomic E-state index is -0.448. The molecule has 0 radical (unpaired) electrons. The fraction of sp³-hybridized carbons (Fsp3) is 0.500. The lowest BCUT2D eigenvalue weighted by atomic mass is 10.0. The van der Waals surface area contributed by atoms with Crippen molar-refractivity contribution in [2.24, 2.45) is 0 Å². The van der Waals surface area contributed by atoms with Crippen LogP contribution in [0.1, 0.15) is 19.4 Å². The zero-order chi connectivity index (χ0) is 15.6. The van der Waals surface area contributed by atoms with Crippen LogP contribution >= 0.6 is 28.3 Å². The van der Waals surface area contributed by atoms with Crippen molar-refractivity contribution >= 4 is 39.9 Å². The Morgan fingerprint density at radius 3 is 2.77 bits per heavy atom. The number of hydrogen-bond donors (Lipinski definition) is 1. The Morgan fingerprint density at radius 2 is 2.18 bits per heavy atom. The van der Waals surface area contributed by atoms with Crippen LogP contribution in [0, 0.1) is 10.1 Å². The smallest absolute Gasteiger partial charge is 0.270 e. The van der Waals surface area contributed by atoms with Gasteiger partial charge in [0.05, 0.1) is 11.3 Å². The highest BCUT2D eigenvalue weighted by atomic mass is 79.9. The van der Waals surface area contributed by atoms with E-state index in [-0.39, 0.29) is 42.5 Å². The second-order valence-corrected chi connectivity index (χ2v) is 6.13. The van der Waals surface area contributed by atoms with E-state index in [0.29, 0.717) is 11.0 Å². The molecule has 1 aromatic rings. The van der Waals surface area contributed by atoms with E-state index in [1.807, 2.05) is 11.8 Å². The van der Waals surface area contributed by atoms with Crippen molar-refractivity contribution in [1.29, 1.82) is 0 Å². The number of carbonyl (C=O) groups is 1. The lowest BCUT2D eigenvalue weighted by Gasteiger charge is -2.38. The molecular weight excluding hydrogens is 374 g/mol. The van der Waals surface area contributed by atoms with Crippen molar-refractivity contribution in [3.63, 3.8) is 0 Å². The van der Waals surface area contributed by atoms with Crippen molar-refractivity contribution in [2.45, 2.75) is 32.4 Å². The number of nitro groups is 1. The Balaban J connectivity index is 0.00000242. The monoisotopic (exact) mass is 391 g/mol. The highest BCUT2D eigenvalue weighted by Crippen LogP contribution is 2.24. The summed E-state index contributed by atoms with van der Waals surface area (Å²) in [6, 6.07) is 4.91. The molecule has 122 valence electrons. The van der Waals surface area contributed by atoms with Gasteiger partial charge in [-0.05, 0) is 19.4 Å². The van der Waals surface area contributed by atoms with Crippen molar-refractivity contribution in [3.8, 4) is 0 Å². The van der Waals surface area contributed by atoms with Crippen molar-refractivity contribution in [1.82, 2.24) is 10.2 Å². The standard InChI is InChI=1S/C14H18BrN3O3.ClH/c1-9-10(2)17(6-5-16-9)14(19)7-11-3-4-12(18(20)21)8-13(11)15;/h3-4,8-10,16H,5-7H2,1-2H3;1H. The molecule has 2 unspecified atom stereocenters. The van der Waals surface area contributed by atoms with E-state index in [1.54, 1.807) is 6.07 Å². The first-order valence-corrected chi connectivity index (χ1v) is 7.65. The number of halogens is 2. The van der Waals surface area contributed by atoms with Crippen LogP contribution < -0.4 is 5.32 Å². The molecule has 1 aliphatic heterocycles. The maximum atomic E-state index is 12.4. The Hall–Kier alpha value is -1.18. The molecule has 1 fully saturated rings. The highest BCUT2D eigenvalue weighted by Gasteiger charge is 2.28. The third-order valence-corrected chi connectivity index (χ3v) is 4.68. The molecule has 2 atom stereocenters. The summed E-state index contributed by atoms with van der Waals surface area (Å²) in [6.45, 7) is 5.57. The van der Waals surface area contributed by atoms with E-state index in [9.17, 15) is 14.9 Å². The molecule has 22 heavy (non-hydrogen) atoms. The second kappa shape index (κ2) is 7.89. The number of piperazine rings is 1. The van der Waals surface area contributed by atoms with Gasteiger partial charge in [0.15, 0.2) is 0 Å². The van der Waals surface area contributed by atoms with Crippen molar-refractivity contribution < 1.29 is 9.72 Å². The van der Waals surface area contributed by atoms with Crippen LogP contribution in [0.4, 0.5) is 5.69 Å². The van der Waals surface area contributed by atoms with E-state index in [2.05, 4.69) is 28.2 Å². The van der Waals surface area contributed by atoms with E-state index >= 15 is 0 Å². The SMILES string of the molecule is CC1NCCN(C(=O)Cc2ccc([N+](=O)[O-])cc2Br)C1C.Cl. The summed E-state index contributed by atoms with van der Waals surface area (Å²) >= 11 is 3.31. The lowest BCUT2D eigenvalue weighted by Crippen LogP contribution is -2.57. The first-order valence-electron chi connectivity index (χ1n) is 6.86. The summed E-state index contributed by atoms with van der Waals surface area (Å²) in [7, 11) is 0. The molecule has 1 aliphatic rings. The Kier molecular flexibility index (Phi) is 6.77. The summed E-state index contributed by atoms with van der Waals surface area (Å²) in [5, 5.41) is 14.0. The number of non-ortho nitro benzene ring substituents is 1. The van der Waals surface area contributed by atoms with E-state index in [1.165, 1.54) is 12.1 Å². The molecule has 0 aliphatic carbocycles. The number of nitrogens with one attached hydrogen (secondary N) is 1. The fourth-order valence-electron chi connectivity index (χ4n) is 2.47. The molecule has 1 saturated heterocycles. The minimum Gasteiger partial charge on any atom is -0.337 e. The molecule has 0 spiro atoms. The average molecular weight is 393 g/mol. The van der Waals surface area contributed by atoms with Crippen LogP contribution in [0.5, 0.6) is 0 Å². The summed E-state index contributed by atoms with van der Waals surface area (Å²) in [4.78, 5) is 24.6. The number of nitrogens with zero attached hydrogens (tertiary/aromatic N) is 2. The van der Waals surface area contributed by atoms with Gasteiger partial charge in [0.25, 0.3) is 5.69 Å². The van der Waals surface area contributed by atoms with Gasteiger partial charge in [0.1, 0.15) is 0 Å². The van der Waals surface area contributed by atoms with Gasteiger partial charge in [-0.15, -0.1) is 12.4 Å². The Labute approximate surface area is 143 Å². The average Bonchev–Trinajstić information content (AvgIpc) is 2.43. The van der Waals surface area contributed by atoms with Crippen LogP contribution in [-0.4, -0.2) is 40.9 Å². The number of rotatable bonds is 3. The van der Waals surface area contributed by atoms with E-state index in [4.69, 9.17) is 0 Å². The van der Waals surface area contributed by atoms with Crippen LogP contribution in [-0.2, 0) is 11.2 Å². The molecule has 0 aromatic heterocycles. The first kappa shape index (κ1) is 18.9. The fourth-order valence-corrected chi connectivity index (χ4v) is 2.97. The summed E-state index contributed by atoms with van der Waals surface area (Å²) < 4.78 is 0.598. The molecule has 1 N–H and O–H groups in total. The maximum absolute atomic E-state index is 12.4. The van der Waals surface area contributed by atoms with E-state index in [0.717, 1.165) is 12.1 Å². The first-order chi connectivity index (χ1) is 9.90. The zero-order valence-electron chi connectivity index (χ0n) is 12.4.